The number of halogens is 1. The third-order valence-electron chi connectivity index (χ3n) is 2.67. The summed E-state index contributed by atoms with van der Waals surface area (Å²) in [5.74, 6) is 0. The highest BCUT2D eigenvalue weighted by atomic mass is 127. The molecule has 2 heteroatoms. The molecule has 2 aromatic carbocycles. The van der Waals surface area contributed by atoms with Gasteiger partial charge < -0.3 is 0 Å². The van der Waals surface area contributed by atoms with Gasteiger partial charge in [0.05, 0.1) is 0 Å². The zero-order valence-corrected chi connectivity index (χ0v) is 11.2. The van der Waals surface area contributed by atoms with Crippen LogP contribution in [0.4, 0.5) is 0 Å². The van der Waals surface area contributed by atoms with Gasteiger partial charge in [0.15, 0.2) is 0 Å². The molecule has 3 aromatic rings. The van der Waals surface area contributed by atoms with Crippen LogP contribution >= 0.6 is 33.9 Å². The van der Waals surface area contributed by atoms with E-state index in [1.807, 2.05) is 11.3 Å². The summed E-state index contributed by atoms with van der Waals surface area (Å²) in [5, 5.41) is 2.82. The summed E-state index contributed by atoms with van der Waals surface area (Å²) in [4.78, 5) is 0. The van der Waals surface area contributed by atoms with Crippen LogP contribution in [0.2, 0.25) is 0 Å². The maximum absolute atomic E-state index is 2.42. The predicted octanol–water partition coefficient (Wildman–Crippen LogP) is 4.97. The number of hydrogen-bond donors (Lipinski definition) is 0. The highest BCUT2D eigenvalue weighted by molar-refractivity contribution is 14.1. The molecule has 0 saturated carbocycles. The van der Waals surface area contributed by atoms with Crippen molar-refractivity contribution in [2.75, 3.05) is 0 Å². The van der Waals surface area contributed by atoms with E-state index in [4.69, 9.17) is 0 Å². The van der Waals surface area contributed by atoms with Crippen LogP contribution in [-0.4, -0.2) is 0 Å². The lowest BCUT2D eigenvalue weighted by Gasteiger charge is -1.96. The lowest BCUT2D eigenvalue weighted by atomic mass is 10.1. The summed E-state index contributed by atoms with van der Waals surface area (Å²) >= 11 is 4.32. The zero-order valence-electron chi connectivity index (χ0n) is 8.25. The molecule has 0 unspecified atom stereocenters. The third kappa shape index (κ3) is 1.39. The first-order chi connectivity index (χ1) is 7.27. The van der Waals surface area contributed by atoms with Crippen LogP contribution in [0, 0.1) is 10.5 Å². The predicted molar refractivity (Wildman–Crippen MR) is 76.8 cm³/mol. The number of benzene rings is 2. The van der Waals surface area contributed by atoms with Gasteiger partial charge in [0.1, 0.15) is 0 Å². The molecule has 0 aliphatic carbocycles. The van der Waals surface area contributed by atoms with E-state index in [-0.39, 0.29) is 0 Å². The standard InChI is InChI=1S/C13H9IS/c1-8-4-2-5-9-12-10(14)6-3-7-11(12)15-13(8)9/h2-7H,1H3. The molecule has 1 aromatic heterocycles. The Morgan fingerprint density at radius 3 is 2.73 bits per heavy atom. The highest BCUT2D eigenvalue weighted by Crippen LogP contribution is 2.37. The van der Waals surface area contributed by atoms with E-state index in [1.165, 1.54) is 29.3 Å². The molecule has 3 rings (SSSR count). The molecule has 0 spiro atoms. The van der Waals surface area contributed by atoms with Crippen LogP contribution in [-0.2, 0) is 0 Å². The van der Waals surface area contributed by atoms with Crippen molar-refractivity contribution in [1.82, 2.24) is 0 Å². The minimum atomic E-state index is 1.35. The third-order valence-corrected chi connectivity index (χ3v) is 4.87. The van der Waals surface area contributed by atoms with Gasteiger partial charge in [0, 0.05) is 23.7 Å². The fourth-order valence-electron chi connectivity index (χ4n) is 1.95. The van der Waals surface area contributed by atoms with Crippen LogP contribution in [0.15, 0.2) is 36.4 Å². The Labute approximate surface area is 106 Å². The number of thiophene rings is 1. The normalized spacial score (nSPS) is 11.3. The molecule has 0 fully saturated rings. The lowest BCUT2D eigenvalue weighted by Crippen LogP contribution is -1.73. The first-order valence-electron chi connectivity index (χ1n) is 4.84. The topological polar surface area (TPSA) is 0 Å². The van der Waals surface area contributed by atoms with Crippen molar-refractivity contribution in [3.8, 4) is 0 Å². The minimum Gasteiger partial charge on any atom is -0.135 e. The van der Waals surface area contributed by atoms with Crippen molar-refractivity contribution in [3.63, 3.8) is 0 Å². The van der Waals surface area contributed by atoms with E-state index >= 15 is 0 Å². The SMILES string of the molecule is Cc1cccc2c1sc1cccc(I)c12. The monoisotopic (exact) mass is 324 g/mol. The average molecular weight is 324 g/mol. The van der Waals surface area contributed by atoms with E-state index in [2.05, 4.69) is 65.9 Å². The smallest absolute Gasteiger partial charge is 0.0384 e. The van der Waals surface area contributed by atoms with Gasteiger partial charge in [-0.3, -0.25) is 0 Å². The van der Waals surface area contributed by atoms with E-state index in [0.717, 1.165) is 0 Å². The molecule has 0 aliphatic heterocycles. The van der Waals surface area contributed by atoms with Gasteiger partial charge in [0.2, 0.25) is 0 Å². The number of aryl methyl sites for hydroxylation is 1. The molecule has 15 heavy (non-hydrogen) atoms. The summed E-state index contributed by atoms with van der Waals surface area (Å²) in [6.45, 7) is 2.19. The molecule has 0 aliphatic rings. The first kappa shape index (κ1) is 9.60. The maximum atomic E-state index is 2.42. The molecule has 0 amide bonds. The van der Waals surface area contributed by atoms with E-state index in [0.29, 0.717) is 0 Å². The van der Waals surface area contributed by atoms with E-state index in [9.17, 15) is 0 Å². The quantitative estimate of drug-likeness (QED) is 0.512. The van der Waals surface area contributed by atoms with Gasteiger partial charge in [-0.1, -0.05) is 24.3 Å². The van der Waals surface area contributed by atoms with Gasteiger partial charge in [-0.15, -0.1) is 11.3 Å². The number of fused-ring (bicyclic) bond motifs is 3. The van der Waals surface area contributed by atoms with Crippen molar-refractivity contribution in [3.05, 3.63) is 45.5 Å². The zero-order chi connectivity index (χ0) is 10.4. The van der Waals surface area contributed by atoms with Crippen molar-refractivity contribution in [1.29, 1.82) is 0 Å². The minimum absolute atomic E-state index is 1.35. The Balaban J connectivity index is 2.65. The van der Waals surface area contributed by atoms with Gasteiger partial charge >= 0.3 is 0 Å². The first-order valence-corrected chi connectivity index (χ1v) is 6.73. The van der Waals surface area contributed by atoms with E-state index < -0.39 is 0 Å². The van der Waals surface area contributed by atoms with Crippen molar-refractivity contribution in [2.24, 2.45) is 0 Å². The Morgan fingerprint density at radius 2 is 1.87 bits per heavy atom. The molecular weight excluding hydrogens is 315 g/mol. The fourth-order valence-corrected chi connectivity index (χ4v) is 4.11. The second kappa shape index (κ2) is 3.46. The molecule has 0 radical (unpaired) electrons. The summed E-state index contributed by atoms with van der Waals surface area (Å²) in [7, 11) is 0. The van der Waals surface area contributed by atoms with Crippen LogP contribution in [0.25, 0.3) is 20.2 Å². The number of rotatable bonds is 0. The molecule has 0 bridgehead atoms. The van der Waals surface area contributed by atoms with Crippen LogP contribution in [0.1, 0.15) is 5.56 Å². The molecular formula is C13H9IS. The van der Waals surface area contributed by atoms with Gasteiger partial charge in [-0.05, 0) is 47.2 Å². The molecule has 0 saturated heterocycles. The van der Waals surface area contributed by atoms with Crippen LogP contribution in [0.3, 0.4) is 0 Å². The van der Waals surface area contributed by atoms with Crippen molar-refractivity contribution < 1.29 is 0 Å². The molecule has 0 N–H and O–H groups in total. The Morgan fingerprint density at radius 1 is 1.07 bits per heavy atom. The summed E-state index contributed by atoms with van der Waals surface area (Å²) in [6, 6.07) is 13.1. The molecule has 0 nitrogen and oxygen atoms in total. The molecule has 1 heterocycles. The Bertz CT molecular complexity index is 652. The van der Waals surface area contributed by atoms with Crippen molar-refractivity contribution in [2.45, 2.75) is 6.92 Å². The summed E-state index contributed by atoms with van der Waals surface area (Å²) in [5.41, 5.74) is 1.38. The highest BCUT2D eigenvalue weighted by Gasteiger charge is 2.08. The van der Waals surface area contributed by atoms with Crippen molar-refractivity contribution >= 4 is 54.1 Å². The van der Waals surface area contributed by atoms with Gasteiger partial charge in [-0.25, -0.2) is 0 Å². The number of hydrogen-bond acceptors (Lipinski definition) is 1. The lowest BCUT2D eigenvalue weighted by molar-refractivity contribution is 1.56. The maximum Gasteiger partial charge on any atom is 0.0384 e. The van der Waals surface area contributed by atoms with E-state index in [1.54, 1.807) is 0 Å². The van der Waals surface area contributed by atoms with Gasteiger partial charge in [0.25, 0.3) is 0 Å². The Hall–Kier alpha value is -0.610. The van der Waals surface area contributed by atoms with Crippen LogP contribution in [0.5, 0.6) is 0 Å². The molecule has 74 valence electrons. The second-order valence-corrected chi connectivity index (χ2v) is 5.88. The Kier molecular flexibility index (Phi) is 2.21. The fraction of sp³-hybridized carbons (Fsp3) is 0.0769. The average Bonchev–Trinajstić information content (AvgIpc) is 2.59. The largest absolute Gasteiger partial charge is 0.135 e. The summed E-state index contributed by atoms with van der Waals surface area (Å²) < 4.78 is 4.17. The van der Waals surface area contributed by atoms with Gasteiger partial charge in [-0.2, -0.15) is 0 Å². The second-order valence-electron chi connectivity index (χ2n) is 3.67. The summed E-state index contributed by atoms with van der Waals surface area (Å²) in [6.07, 6.45) is 0. The molecule has 0 atom stereocenters. The van der Waals surface area contributed by atoms with Crippen LogP contribution < -0.4 is 0 Å².